The van der Waals surface area contributed by atoms with Gasteiger partial charge in [-0.25, -0.2) is 9.97 Å². The zero-order chi connectivity index (χ0) is 19.1. The lowest BCUT2D eigenvalue weighted by Gasteiger charge is -2.33. The minimum atomic E-state index is 0.374. The van der Waals surface area contributed by atoms with Gasteiger partial charge in [-0.05, 0) is 43.7 Å². The number of hydrogen-bond donors (Lipinski definition) is 1. The van der Waals surface area contributed by atoms with Gasteiger partial charge in [0.1, 0.15) is 0 Å². The average Bonchev–Trinajstić information content (AvgIpc) is 3.11. The summed E-state index contributed by atoms with van der Waals surface area (Å²) < 4.78 is 0. The van der Waals surface area contributed by atoms with E-state index >= 15 is 0 Å². The Morgan fingerprint density at radius 2 is 1.79 bits per heavy atom. The number of aromatic amines is 1. The number of aromatic nitrogens is 3. The van der Waals surface area contributed by atoms with Crippen molar-refractivity contribution in [1.82, 2.24) is 19.9 Å². The fraction of sp³-hybridized carbons (Fsp3) is 0.478. The molecule has 3 aromatic rings. The molecule has 0 saturated carbocycles. The van der Waals surface area contributed by atoms with Crippen molar-refractivity contribution in [2.45, 2.75) is 45.7 Å². The molecule has 5 heteroatoms. The molecule has 2 aliphatic rings. The van der Waals surface area contributed by atoms with Gasteiger partial charge in [0.2, 0.25) is 5.95 Å². The summed E-state index contributed by atoms with van der Waals surface area (Å²) in [5.74, 6) is 1.71. The number of fused-ring (bicyclic) bond motifs is 3. The normalized spacial score (nSPS) is 21.2. The predicted molar refractivity (Wildman–Crippen MR) is 113 cm³/mol. The van der Waals surface area contributed by atoms with Gasteiger partial charge in [0.05, 0.1) is 0 Å². The zero-order valence-corrected chi connectivity index (χ0v) is 16.9. The topological polar surface area (TPSA) is 48.1 Å². The van der Waals surface area contributed by atoms with E-state index in [-0.39, 0.29) is 0 Å². The molecule has 1 saturated heterocycles. The molecule has 0 aliphatic carbocycles. The molecule has 28 heavy (non-hydrogen) atoms. The van der Waals surface area contributed by atoms with Crippen molar-refractivity contribution in [2.75, 3.05) is 24.5 Å². The van der Waals surface area contributed by atoms with Crippen molar-refractivity contribution in [1.29, 1.82) is 0 Å². The number of anilines is 1. The van der Waals surface area contributed by atoms with Crippen LogP contribution in [-0.4, -0.2) is 39.5 Å². The number of piperidine rings is 1. The van der Waals surface area contributed by atoms with Crippen LogP contribution in [0.15, 0.2) is 36.7 Å². The predicted octanol–water partition coefficient (Wildman–Crippen LogP) is 4.31. The Balaban J connectivity index is 1.30. The molecule has 2 aliphatic heterocycles. The maximum absolute atomic E-state index is 4.68. The van der Waals surface area contributed by atoms with Crippen molar-refractivity contribution in [3.8, 4) is 0 Å². The number of nitrogens with zero attached hydrogens (tertiary/aromatic N) is 4. The van der Waals surface area contributed by atoms with Crippen molar-refractivity contribution < 1.29 is 0 Å². The summed E-state index contributed by atoms with van der Waals surface area (Å²) in [6.07, 6.45) is 7.61. The Kier molecular flexibility index (Phi) is 4.55. The van der Waals surface area contributed by atoms with E-state index < -0.39 is 0 Å². The van der Waals surface area contributed by atoms with Gasteiger partial charge in [-0.3, -0.25) is 4.90 Å². The summed E-state index contributed by atoms with van der Waals surface area (Å²) in [7, 11) is 0. The smallest absolute Gasteiger partial charge is 0.225 e. The van der Waals surface area contributed by atoms with Gasteiger partial charge < -0.3 is 9.88 Å². The van der Waals surface area contributed by atoms with Crippen LogP contribution in [-0.2, 0) is 13.0 Å². The Labute approximate surface area is 166 Å². The van der Waals surface area contributed by atoms with Gasteiger partial charge in [0.15, 0.2) is 0 Å². The number of nitrogens with one attached hydrogen (secondary N) is 1. The molecule has 0 bridgehead atoms. The molecule has 0 amide bonds. The Bertz CT molecular complexity index is 953. The van der Waals surface area contributed by atoms with E-state index in [1.807, 2.05) is 12.4 Å². The number of H-pyrrole nitrogens is 1. The molecular formula is C23H29N5. The molecule has 1 fully saturated rings. The Morgan fingerprint density at radius 1 is 1.04 bits per heavy atom. The summed E-state index contributed by atoms with van der Waals surface area (Å²) in [5, 5.41) is 1.38. The van der Waals surface area contributed by atoms with Gasteiger partial charge >= 0.3 is 0 Å². The quantitative estimate of drug-likeness (QED) is 0.741. The lowest BCUT2D eigenvalue weighted by molar-refractivity contribution is 0.186. The van der Waals surface area contributed by atoms with Crippen molar-refractivity contribution in [2.24, 2.45) is 5.92 Å². The number of rotatable bonds is 3. The highest BCUT2D eigenvalue weighted by molar-refractivity contribution is 5.85. The third kappa shape index (κ3) is 3.18. The SMILES string of the molecule is CC1CCN(c2ncc(CN3CCc4c([nH]c5ccccc45)C3C)cn2)CC1. The molecule has 5 rings (SSSR count). The maximum Gasteiger partial charge on any atom is 0.225 e. The van der Waals surface area contributed by atoms with Gasteiger partial charge in [-0.2, -0.15) is 0 Å². The van der Waals surface area contributed by atoms with Crippen molar-refractivity contribution in [3.05, 3.63) is 53.5 Å². The molecule has 1 atom stereocenters. The van der Waals surface area contributed by atoms with Crippen LogP contribution >= 0.6 is 0 Å². The zero-order valence-electron chi connectivity index (χ0n) is 16.9. The number of para-hydroxylation sites is 1. The third-order valence-corrected chi connectivity index (χ3v) is 6.60. The molecule has 1 unspecified atom stereocenters. The molecule has 4 heterocycles. The number of hydrogen-bond acceptors (Lipinski definition) is 4. The average molecular weight is 376 g/mol. The molecular weight excluding hydrogens is 346 g/mol. The number of benzene rings is 1. The van der Waals surface area contributed by atoms with E-state index in [9.17, 15) is 0 Å². The second-order valence-corrected chi connectivity index (χ2v) is 8.52. The first kappa shape index (κ1) is 17.7. The van der Waals surface area contributed by atoms with Crippen molar-refractivity contribution >= 4 is 16.9 Å². The van der Waals surface area contributed by atoms with Gasteiger partial charge in [-0.1, -0.05) is 25.1 Å². The van der Waals surface area contributed by atoms with Crippen LogP contribution in [0.25, 0.3) is 10.9 Å². The van der Waals surface area contributed by atoms with Crippen LogP contribution in [0.2, 0.25) is 0 Å². The van der Waals surface area contributed by atoms with Crippen LogP contribution in [0.1, 0.15) is 49.6 Å². The molecule has 1 N–H and O–H groups in total. The first-order valence-electron chi connectivity index (χ1n) is 10.6. The molecule has 5 nitrogen and oxygen atoms in total. The minimum absolute atomic E-state index is 0.374. The molecule has 1 aromatic carbocycles. The lowest BCUT2D eigenvalue weighted by Crippen LogP contribution is -2.34. The summed E-state index contributed by atoms with van der Waals surface area (Å²) in [5.41, 5.74) is 5.31. The van der Waals surface area contributed by atoms with E-state index in [1.165, 1.54) is 40.6 Å². The first-order valence-corrected chi connectivity index (χ1v) is 10.6. The van der Waals surface area contributed by atoms with Gasteiger partial charge in [0.25, 0.3) is 0 Å². The fourth-order valence-corrected chi connectivity index (χ4v) is 4.73. The highest BCUT2D eigenvalue weighted by Crippen LogP contribution is 2.34. The Morgan fingerprint density at radius 3 is 2.57 bits per heavy atom. The van der Waals surface area contributed by atoms with E-state index in [0.717, 1.165) is 44.5 Å². The minimum Gasteiger partial charge on any atom is -0.357 e. The van der Waals surface area contributed by atoms with Crippen LogP contribution in [0, 0.1) is 5.92 Å². The summed E-state index contributed by atoms with van der Waals surface area (Å²) in [4.78, 5) is 17.9. The third-order valence-electron chi connectivity index (χ3n) is 6.60. The fourth-order valence-electron chi connectivity index (χ4n) is 4.73. The van der Waals surface area contributed by atoms with Gasteiger partial charge in [0, 0.05) is 66.8 Å². The van der Waals surface area contributed by atoms with Crippen LogP contribution in [0.5, 0.6) is 0 Å². The first-order chi connectivity index (χ1) is 13.7. The molecule has 0 radical (unpaired) electrons. The van der Waals surface area contributed by atoms with Gasteiger partial charge in [-0.15, -0.1) is 0 Å². The lowest BCUT2D eigenvalue weighted by atomic mass is 9.98. The highest BCUT2D eigenvalue weighted by Gasteiger charge is 2.27. The second kappa shape index (κ2) is 7.21. The summed E-state index contributed by atoms with van der Waals surface area (Å²) in [6, 6.07) is 9.03. The van der Waals surface area contributed by atoms with Crippen molar-refractivity contribution in [3.63, 3.8) is 0 Å². The Hall–Kier alpha value is -2.40. The molecule has 146 valence electrons. The van der Waals surface area contributed by atoms with E-state index in [1.54, 1.807) is 0 Å². The van der Waals surface area contributed by atoms with E-state index in [4.69, 9.17) is 0 Å². The molecule has 0 spiro atoms. The molecule has 2 aromatic heterocycles. The van der Waals surface area contributed by atoms with Crippen LogP contribution < -0.4 is 4.90 Å². The van der Waals surface area contributed by atoms with Crippen LogP contribution in [0.4, 0.5) is 5.95 Å². The van der Waals surface area contributed by atoms with E-state index in [0.29, 0.717) is 6.04 Å². The second-order valence-electron chi connectivity index (χ2n) is 8.52. The highest BCUT2D eigenvalue weighted by atomic mass is 15.3. The maximum atomic E-state index is 4.68. The standard InChI is InChI=1S/C23H29N5/c1-16-7-10-27(11-8-16)23-24-13-18(14-25-23)15-28-12-9-20-19-5-3-4-6-21(19)26-22(20)17(28)2/h3-6,13-14,16-17,26H,7-12,15H2,1-2H3. The largest absolute Gasteiger partial charge is 0.357 e. The summed E-state index contributed by atoms with van der Waals surface area (Å²) in [6.45, 7) is 8.76. The summed E-state index contributed by atoms with van der Waals surface area (Å²) >= 11 is 0. The monoisotopic (exact) mass is 375 g/mol. The van der Waals surface area contributed by atoms with Crippen LogP contribution in [0.3, 0.4) is 0 Å². The van der Waals surface area contributed by atoms with E-state index in [2.05, 4.69) is 62.9 Å².